The van der Waals surface area contributed by atoms with Crippen LogP contribution >= 0.6 is 0 Å². The number of amides is 1. The second kappa shape index (κ2) is 8.53. The fourth-order valence-corrected chi connectivity index (χ4v) is 1.94. The summed E-state index contributed by atoms with van der Waals surface area (Å²) in [7, 11) is 1.66. The maximum atomic E-state index is 11.8. The Bertz CT molecular complexity index is 389. The van der Waals surface area contributed by atoms with Crippen LogP contribution in [0.2, 0.25) is 0 Å². The van der Waals surface area contributed by atoms with E-state index in [4.69, 9.17) is 4.74 Å². The average molecular weight is 264 g/mol. The molecular formula is C15H24N2O2. The molecule has 1 aromatic rings. The Morgan fingerprint density at radius 2 is 2.05 bits per heavy atom. The number of benzene rings is 1. The van der Waals surface area contributed by atoms with Crippen LogP contribution in [0.3, 0.4) is 0 Å². The first-order valence-corrected chi connectivity index (χ1v) is 6.82. The maximum Gasteiger partial charge on any atom is 0.223 e. The summed E-state index contributed by atoms with van der Waals surface area (Å²) >= 11 is 0. The lowest BCUT2D eigenvalue weighted by Gasteiger charge is -2.18. The van der Waals surface area contributed by atoms with E-state index in [1.807, 2.05) is 43.0 Å². The molecule has 0 aliphatic carbocycles. The van der Waals surface area contributed by atoms with Crippen molar-refractivity contribution in [3.05, 3.63) is 29.8 Å². The number of methoxy groups -OCH3 is 1. The van der Waals surface area contributed by atoms with Crippen molar-refractivity contribution >= 4 is 5.91 Å². The van der Waals surface area contributed by atoms with E-state index in [1.54, 1.807) is 7.11 Å². The summed E-state index contributed by atoms with van der Waals surface area (Å²) in [5.41, 5.74) is 1.16. The largest absolute Gasteiger partial charge is 0.497 e. The highest BCUT2D eigenvalue weighted by Crippen LogP contribution is 2.12. The Kier molecular flexibility index (Phi) is 6.97. The third kappa shape index (κ3) is 5.30. The van der Waals surface area contributed by atoms with Crippen molar-refractivity contribution in [3.63, 3.8) is 0 Å². The molecule has 1 amide bonds. The van der Waals surface area contributed by atoms with Gasteiger partial charge in [0, 0.05) is 32.6 Å². The smallest absolute Gasteiger partial charge is 0.223 e. The average Bonchev–Trinajstić information content (AvgIpc) is 2.45. The Morgan fingerprint density at radius 1 is 1.32 bits per heavy atom. The molecule has 0 aliphatic rings. The van der Waals surface area contributed by atoms with Gasteiger partial charge in [0.15, 0.2) is 0 Å². The molecule has 0 aliphatic heterocycles. The molecule has 0 fully saturated rings. The van der Waals surface area contributed by atoms with Crippen LogP contribution in [0.4, 0.5) is 0 Å². The topological polar surface area (TPSA) is 41.6 Å². The molecule has 1 N–H and O–H groups in total. The van der Waals surface area contributed by atoms with Crippen LogP contribution < -0.4 is 10.1 Å². The second-order valence-corrected chi connectivity index (χ2v) is 4.34. The molecule has 4 nitrogen and oxygen atoms in total. The number of carbonyl (C=O) groups excluding carboxylic acids is 1. The second-order valence-electron chi connectivity index (χ2n) is 4.34. The minimum Gasteiger partial charge on any atom is -0.497 e. The van der Waals surface area contributed by atoms with Gasteiger partial charge in [0.2, 0.25) is 5.91 Å². The molecule has 0 spiro atoms. The van der Waals surface area contributed by atoms with Gasteiger partial charge in [-0.25, -0.2) is 0 Å². The molecule has 4 heteroatoms. The molecule has 0 bridgehead atoms. The normalized spacial score (nSPS) is 10.3. The molecule has 0 radical (unpaired) electrons. The Morgan fingerprint density at radius 3 is 2.68 bits per heavy atom. The molecule has 106 valence electrons. The number of nitrogens with zero attached hydrogens (tertiary/aromatic N) is 1. The van der Waals surface area contributed by atoms with Crippen molar-refractivity contribution in [1.82, 2.24) is 10.2 Å². The van der Waals surface area contributed by atoms with Crippen molar-refractivity contribution in [2.24, 2.45) is 0 Å². The van der Waals surface area contributed by atoms with Gasteiger partial charge in [0.1, 0.15) is 5.75 Å². The van der Waals surface area contributed by atoms with Gasteiger partial charge in [0.25, 0.3) is 0 Å². The SMILES string of the molecule is CCN(CC)C(=O)CCNCc1cccc(OC)c1. The molecule has 0 saturated heterocycles. The van der Waals surface area contributed by atoms with Crippen LogP contribution in [-0.2, 0) is 11.3 Å². The summed E-state index contributed by atoms with van der Waals surface area (Å²) in [4.78, 5) is 13.6. The predicted molar refractivity (Wildman–Crippen MR) is 77.2 cm³/mol. The Labute approximate surface area is 115 Å². The first kappa shape index (κ1) is 15.5. The zero-order valence-electron chi connectivity index (χ0n) is 12.1. The first-order chi connectivity index (χ1) is 9.21. The number of ether oxygens (including phenoxy) is 1. The van der Waals surface area contributed by atoms with Gasteiger partial charge < -0.3 is 15.0 Å². The van der Waals surface area contributed by atoms with E-state index in [0.717, 1.165) is 30.9 Å². The van der Waals surface area contributed by atoms with Crippen LogP contribution in [0.15, 0.2) is 24.3 Å². The van der Waals surface area contributed by atoms with E-state index in [1.165, 1.54) is 0 Å². The molecule has 19 heavy (non-hydrogen) atoms. The van der Waals surface area contributed by atoms with Gasteiger partial charge in [-0.3, -0.25) is 4.79 Å². The van der Waals surface area contributed by atoms with Gasteiger partial charge in [-0.05, 0) is 31.5 Å². The number of rotatable bonds is 8. The van der Waals surface area contributed by atoms with Crippen molar-refractivity contribution in [2.75, 3.05) is 26.7 Å². The van der Waals surface area contributed by atoms with Gasteiger partial charge in [-0.2, -0.15) is 0 Å². The molecule has 0 atom stereocenters. The molecule has 1 aromatic carbocycles. The summed E-state index contributed by atoms with van der Waals surface area (Å²) in [6, 6.07) is 7.94. The van der Waals surface area contributed by atoms with Crippen molar-refractivity contribution in [1.29, 1.82) is 0 Å². The molecule has 0 aromatic heterocycles. The third-order valence-electron chi connectivity index (χ3n) is 3.10. The number of nitrogens with one attached hydrogen (secondary N) is 1. The zero-order chi connectivity index (χ0) is 14.1. The van der Waals surface area contributed by atoms with Crippen molar-refractivity contribution < 1.29 is 9.53 Å². The fourth-order valence-electron chi connectivity index (χ4n) is 1.94. The quantitative estimate of drug-likeness (QED) is 0.731. The van der Waals surface area contributed by atoms with Gasteiger partial charge >= 0.3 is 0 Å². The highest BCUT2D eigenvalue weighted by molar-refractivity contribution is 5.76. The lowest BCUT2D eigenvalue weighted by Crippen LogP contribution is -2.32. The van der Waals surface area contributed by atoms with Gasteiger partial charge in [-0.1, -0.05) is 12.1 Å². The predicted octanol–water partition coefficient (Wildman–Crippen LogP) is 2.04. The molecular weight excluding hydrogens is 240 g/mol. The van der Waals surface area contributed by atoms with Crippen LogP contribution in [-0.4, -0.2) is 37.6 Å². The lowest BCUT2D eigenvalue weighted by atomic mass is 10.2. The van der Waals surface area contributed by atoms with E-state index in [0.29, 0.717) is 13.0 Å². The van der Waals surface area contributed by atoms with Crippen LogP contribution in [0.1, 0.15) is 25.8 Å². The summed E-state index contributed by atoms with van der Waals surface area (Å²) in [6.45, 7) is 7.03. The summed E-state index contributed by atoms with van der Waals surface area (Å²) in [5, 5.41) is 3.28. The molecule has 1 rings (SSSR count). The van der Waals surface area contributed by atoms with E-state index < -0.39 is 0 Å². The summed E-state index contributed by atoms with van der Waals surface area (Å²) in [5.74, 6) is 1.07. The van der Waals surface area contributed by atoms with Gasteiger partial charge in [-0.15, -0.1) is 0 Å². The van der Waals surface area contributed by atoms with E-state index in [2.05, 4.69) is 5.32 Å². The minimum atomic E-state index is 0.211. The fraction of sp³-hybridized carbons (Fsp3) is 0.533. The Balaban J connectivity index is 2.28. The summed E-state index contributed by atoms with van der Waals surface area (Å²) < 4.78 is 5.17. The number of hydrogen-bond acceptors (Lipinski definition) is 3. The first-order valence-electron chi connectivity index (χ1n) is 6.82. The molecule has 0 saturated carbocycles. The zero-order valence-corrected chi connectivity index (χ0v) is 12.1. The number of carbonyl (C=O) groups is 1. The van der Waals surface area contributed by atoms with E-state index in [-0.39, 0.29) is 5.91 Å². The highest BCUT2D eigenvalue weighted by atomic mass is 16.5. The van der Waals surface area contributed by atoms with Crippen LogP contribution in [0, 0.1) is 0 Å². The van der Waals surface area contributed by atoms with E-state index in [9.17, 15) is 4.79 Å². The maximum absolute atomic E-state index is 11.8. The highest BCUT2D eigenvalue weighted by Gasteiger charge is 2.08. The molecule has 0 heterocycles. The van der Waals surface area contributed by atoms with Crippen LogP contribution in [0.5, 0.6) is 5.75 Å². The van der Waals surface area contributed by atoms with Crippen LogP contribution in [0.25, 0.3) is 0 Å². The third-order valence-corrected chi connectivity index (χ3v) is 3.10. The van der Waals surface area contributed by atoms with E-state index >= 15 is 0 Å². The monoisotopic (exact) mass is 264 g/mol. The minimum absolute atomic E-state index is 0.211. The molecule has 0 unspecified atom stereocenters. The summed E-state index contributed by atoms with van der Waals surface area (Å²) in [6.07, 6.45) is 0.547. The van der Waals surface area contributed by atoms with Gasteiger partial charge in [0.05, 0.1) is 7.11 Å². The van der Waals surface area contributed by atoms with Crippen molar-refractivity contribution in [3.8, 4) is 5.75 Å². The Hall–Kier alpha value is -1.55. The van der Waals surface area contributed by atoms with Crippen molar-refractivity contribution in [2.45, 2.75) is 26.8 Å². The standard InChI is InChI=1S/C15H24N2O2/c1-4-17(5-2)15(18)9-10-16-12-13-7-6-8-14(11-13)19-3/h6-8,11,16H,4-5,9-10,12H2,1-3H3. The number of hydrogen-bond donors (Lipinski definition) is 1. The lowest BCUT2D eigenvalue weighted by molar-refractivity contribution is -0.130.